The molecule has 33 heavy (non-hydrogen) atoms. The summed E-state index contributed by atoms with van der Waals surface area (Å²) < 4.78 is 54.6. The van der Waals surface area contributed by atoms with Gasteiger partial charge in [-0.05, 0) is 37.5 Å². The van der Waals surface area contributed by atoms with E-state index in [1.54, 1.807) is 33.7 Å². The monoisotopic (exact) mass is 475 g/mol. The number of amides is 2. The minimum Gasteiger partial charge on any atom is -0.341 e. The maximum Gasteiger partial charge on any atom is 0.242 e. The highest BCUT2D eigenvalue weighted by molar-refractivity contribution is 7.92. The third-order valence-corrected chi connectivity index (χ3v) is 7.27. The van der Waals surface area contributed by atoms with E-state index in [0.29, 0.717) is 30.1 Å². The zero-order chi connectivity index (χ0) is 23.6. The Morgan fingerprint density at radius 3 is 2.45 bits per heavy atom. The molecule has 1 saturated heterocycles. The fourth-order valence-corrected chi connectivity index (χ4v) is 5.38. The number of hydrogen-bond acceptors (Lipinski definition) is 4. The SMILES string of the molecule is O=C(CS(=O)(=O)c1cn(CC(=O)N2CCCCC2)c2ccccc12)Nc1ccc(F)cc1F. The molecule has 4 rings (SSSR count). The standard InChI is InChI=1S/C23H23F2N3O4S/c24-16-8-9-19(18(25)12-16)26-22(29)15-33(31,32)21-13-28(20-7-3-2-6-17(20)21)14-23(30)27-10-4-1-5-11-27/h2-3,6-9,12-13H,1,4-5,10-11,14-15H2,(H,26,29). The highest BCUT2D eigenvalue weighted by Crippen LogP contribution is 2.27. The molecule has 0 radical (unpaired) electrons. The molecule has 0 unspecified atom stereocenters. The van der Waals surface area contributed by atoms with Crippen molar-refractivity contribution in [3.8, 4) is 0 Å². The lowest BCUT2D eigenvalue weighted by Gasteiger charge is -2.27. The van der Waals surface area contributed by atoms with Crippen molar-refractivity contribution in [3.63, 3.8) is 0 Å². The van der Waals surface area contributed by atoms with Crippen LogP contribution in [0.3, 0.4) is 0 Å². The number of benzene rings is 2. The number of hydrogen-bond donors (Lipinski definition) is 1. The van der Waals surface area contributed by atoms with Crippen molar-refractivity contribution in [2.24, 2.45) is 0 Å². The second-order valence-corrected chi connectivity index (χ2v) is 9.97. The average Bonchev–Trinajstić information content (AvgIpc) is 3.15. The number of sulfone groups is 1. The van der Waals surface area contributed by atoms with Gasteiger partial charge < -0.3 is 14.8 Å². The van der Waals surface area contributed by atoms with E-state index in [9.17, 15) is 26.8 Å². The Morgan fingerprint density at radius 1 is 1.00 bits per heavy atom. The molecule has 0 spiro atoms. The smallest absolute Gasteiger partial charge is 0.242 e. The van der Waals surface area contributed by atoms with E-state index in [0.717, 1.165) is 31.4 Å². The summed E-state index contributed by atoms with van der Waals surface area (Å²) in [6.07, 6.45) is 4.35. The van der Waals surface area contributed by atoms with E-state index in [2.05, 4.69) is 5.32 Å². The van der Waals surface area contributed by atoms with Crippen molar-refractivity contribution < 1.29 is 26.8 Å². The number of piperidine rings is 1. The lowest BCUT2D eigenvalue weighted by atomic mass is 10.1. The van der Waals surface area contributed by atoms with E-state index in [1.807, 2.05) is 0 Å². The average molecular weight is 476 g/mol. The molecule has 2 amide bonds. The quantitative estimate of drug-likeness (QED) is 0.592. The number of rotatable bonds is 6. The first-order valence-electron chi connectivity index (χ1n) is 10.6. The van der Waals surface area contributed by atoms with Gasteiger partial charge in [-0.2, -0.15) is 0 Å². The van der Waals surface area contributed by atoms with Gasteiger partial charge in [0.2, 0.25) is 11.8 Å². The number of carbonyl (C=O) groups excluding carboxylic acids is 2. The molecule has 2 heterocycles. The molecule has 2 aromatic carbocycles. The van der Waals surface area contributed by atoms with Gasteiger partial charge >= 0.3 is 0 Å². The van der Waals surface area contributed by atoms with E-state index >= 15 is 0 Å². The van der Waals surface area contributed by atoms with Crippen LogP contribution in [0, 0.1) is 11.6 Å². The second kappa shape index (κ2) is 9.30. The van der Waals surface area contributed by atoms with Crippen LogP contribution < -0.4 is 5.32 Å². The van der Waals surface area contributed by atoms with E-state index in [4.69, 9.17) is 0 Å². The minimum atomic E-state index is -4.12. The fraction of sp³-hybridized carbons (Fsp3) is 0.304. The van der Waals surface area contributed by atoms with Crippen LogP contribution in [0.4, 0.5) is 14.5 Å². The van der Waals surface area contributed by atoms with E-state index < -0.39 is 33.1 Å². The number of nitrogens with zero attached hydrogens (tertiary/aromatic N) is 2. The summed E-state index contributed by atoms with van der Waals surface area (Å²) in [4.78, 5) is 26.8. The molecular formula is C23H23F2N3O4S. The summed E-state index contributed by atoms with van der Waals surface area (Å²) in [5.74, 6) is -3.80. The minimum absolute atomic E-state index is 0.0109. The normalized spacial score (nSPS) is 14.4. The van der Waals surface area contributed by atoms with Crippen LogP contribution in [0.1, 0.15) is 19.3 Å². The molecule has 3 aromatic rings. The van der Waals surface area contributed by atoms with Crippen LogP contribution in [-0.4, -0.2) is 48.5 Å². The number of fused-ring (bicyclic) bond motifs is 1. The Balaban J connectivity index is 1.57. The first-order valence-corrected chi connectivity index (χ1v) is 12.2. The molecule has 10 heteroatoms. The van der Waals surface area contributed by atoms with Crippen molar-refractivity contribution >= 4 is 38.2 Å². The van der Waals surface area contributed by atoms with E-state index in [-0.39, 0.29) is 23.0 Å². The van der Waals surface area contributed by atoms with Crippen LogP contribution in [0.15, 0.2) is 53.6 Å². The molecule has 174 valence electrons. The van der Waals surface area contributed by atoms with Crippen molar-refractivity contribution in [1.82, 2.24) is 9.47 Å². The summed E-state index contributed by atoms with van der Waals surface area (Å²) in [7, 11) is -4.12. The van der Waals surface area contributed by atoms with Gasteiger partial charge in [-0.1, -0.05) is 18.2 Å². The Hall–Kier alpha value is -3.27. The predicted octanol–water partition coefficient (Wildman–Crippen LogP) is 3.34. The number of para-hydroxylation sites is 1. The lowest BCUT2D eigenvalue weighted by Crippen LogP contribution is -2.37. The van der Waals surface area contributed by atoms with Gasteiger partial charge in [0, 0.05) is 36.3 Å². The molecule has 0 bridgehead atoms. The summed E-state index contributed by atoms with van der Waals surface area (Å²) in [5, 5.41) is 2.56. The molecule has 1 N–H and O–H groups in total. The van der Waals surface area contributed by atoms with Crippen LogP contribution >= 0.6 is 0 Å². The van der Waals surface area contributed by atoms with Crippen LogP contribution in [0.2, 0.25) is 0 Å². The van der Waals surface area contributed by atoms with Gasteiger partial charge in [0.15, 0.2) is 9.84 Å². The number of anilines is 1. The number of aromatic nitrogens is 1. The maximum atomic E-state index is 13.8. The van der Waals surface area contributed by atoms with Crippen molar-refractivity contribution in [2.75, 3.05) is 24.2 Å². The van der Waals surface area contributed by atoms with Gasteiger partial charge in [-0.3, -0.25) is 9.59 Å². The zero-order valence-corrected chi connectivity index (χ0v) is 18.6. The molecule has 0 atom stereocenters. The molecule has 1 aliphatic heterocycles. The Bertz CT molecular complexity index is 1310. The van der Waals surface area contributed by atoms with Gasteiger partial charge in [-0.15, -0.1) is 0 Å². The second-order valence-electron chi connectivity index (χ2n) is 8.01. The molecule has 0 saturated carbocycles. The highest BCUT2D eigenvalue weighted by Gasteiger charge is 2.26. The molecule has 1 fully saturated rings. The van der Waals surface area contributed by atoms with Gasteiger partial charge in [0.05, 0.1) is 10.6 Å². The van der Waals surface area contributed by atoms with Crippen LogP contribution in [0.25, 0.3) is 10.9 Å². The first kappa shape index (κ1) is 22.9. The summed E-state index contributed by atoms with van der Waals surface area (Å²) >= 11 is 0. The molecule has 1 aliphatic rings. The zero-order valence-electron chi connectivity index (χ0n) is 17.8. The number of halogens is 2. The molecule has 1 aromatic heterocycles. The Kier molecular flexibility index (Phi) is 6.46. The molecule has 7 nitrogen and oxygen atoms in total. The van der Waals surface area contributed by atoms with Gasteiger partial charge in [-0.25, -0.2) is 17.2 Å². The topological polar surface area (TPSA) is 88.5 Å². The fourth-order valence-electron chi connectivity index (χ4n) is 4.01. The Morgan fingerprint density at radius 2 is 1.73 bits per heavy atom. The van der Waals surface area contributed by atoms with Crippen LogP contribution in [0.5, 0.6) is 0 Å². The van der Waals surface area contributed by atoms with Crippen molar-refractivity contribution in [3.05, 3.63) is 60.3 Å². The summed E-state index contributed by atoms with van der Waals surface area (Å²) in [5.41, 5.74) is 0.248. The number of carbonyl (C=O) groups is 2. The highest BCUT2D eigenvalue weighted by atomic mass is 32.2. The van der Waals surface area contributed by atoms with Gasteiger partial charge in [0.25, 0.3) is 0 Å². The molecular weight excluding hydrogens is 452 g/mol. The summed E-state index contributed by atoms with van der Waals surface area (Å²) in [6.45, 7) is 1.36. The van der Waals surface area contributed by atoms with Gasteiger partial charge in [0.1, 0.15) is 23.9 Å². The first-order chi connectivity index (χ1) is 15.7. The lowest BCUT2D eigenvalue weighted by molar-refractivity contribution is -0.132. The van der Waals surface area contributed by atoms with Crippen LogP contribution in [-0.2, 0) is 26.0 Å². The van der Waals surface area contributed by atoms with Crippen molar-refractivity contribution in [1.29, 1.82) is 0 Å². The molecule has 0 aliphatic carbocycles. The predicted molar refractivity (Wildman–Crippen MR) is 119 cm³/mol. The maximum absolute atomic E-state index is 13.8. The Labute approximate surface area is 189 Å². The van der Waals surface area contributed by atoms with E-state index in [1.165, 1.54) is 6.20 Å². The third kappa shape index (κ3) is 5.05. The largest absolute Gasteiger partial charge is 0.341 e. The van der Waals surface area contributed by atoms with Crippen molar-refractivity contribution in [2.45, 2.75) is 30.7 Å². The summed E-state index contributed by atoms with van der Waals surface area (Å²) in [6, 6.07) is 9.31. The number of nitrogens with one attached hydrogen (secondary N) is 1. The number of likely N-dealkylation sites (tertiary alicyclic amines) is 1. The third-order valence-electron chi connectivity index (χ3n) is 5.63.